The Bertz CT molecular complexity index is 796. The van der Waals surface area contributed by atoms with Gasteiger partial charge in [-0.05, 0) is 18.5 Å². The van der Waals surface area contributed by atoms with E-state index >= 15 is 0 Å². The smallest absolute Gasteiger partial charge is 0.0843 e. The summed E-state index contributed by atoms with van der Waals surface area (Å²) in [5.41, 5.74) is -1.13. The third-order valence-corrected chi connectivity index (χ3v) is 1.39. The van der Waals surface area contributed by atoms with Gasteiger partial charge < -0.3 is 0 Å². The zero-order valence-electron chi connectivity index (χ0n) is 16.5. The number of rotatable bonds is 1. The standard InChI is InChI=1S/C12H11N/c1-10-7-8-12(13-9-10)11-5-3-2-4-6-11/h2-9H,1H3/i1D3,2D,3D,4D,5D,7D,8D,9D. The molecule has 1 aromatic carbocycles. The zero-order chi connectivity index (χ0) is 17.7. The molecule has 2 aromatic rings. The topological polar surface area (TPSA) is 12.9 Å². The van der Waals surface area contributed by atoms with E-state index in [1.54, 1.807) is 0 Å². The van der Waals surface area contributed by atoms with Crippen LogP contribution in [-0.2, 0) is 0 Å². The SMILES string of the molecule is [2H]c1cc(-c2nc([2H])c(C([2H])([2H])[2H])c([2H])c2[2H])c([2H])c([2H])c1[2H]. The van der Waals surface area contributed by atoms with E-state index in [-0.39, 0.29) is 17.3 Å². The second-order valence-electron chi connectivity index (χ2n) is 2.27. The molecule has 64 valence electrons. The monoisotopic (exact) mass is 179 g/mol. The van der Waals surface area contributed by atoms with Crippen molar-refractivity contribution in [2.24, 2.45) is 0 Å². The van der Waals surface area contributed by atoms with Crippen LogP contribution in [0.15, 0.2) is 48.5 Å². The lowest BCUT2D eigenvalue weighted by Gasteiger charge is -1.99. The van der Waals surface area contributed by atoms with Gasteiger partial charge in [0.1, 0.15) is 0 Å². The Morgan fingerprint density at radius 2 is 2.23 bits per heavy atom. The fourth-order valence-electron chi connectivity index (χ4n) is 0.824. The van der Waals surface area contributed by atoms with Gasteiger partial charge >= 0.3 is 0 Å². The van der Waals surface area contributed by atoms with Crippen molar-refractivity contribution in [2.75, 3.05) is 0 Å². The van der Waals surface area contributed by atoms with Crippen molar-refractivity contribution >= 4 is 0 Å². The minimum Gasteiger partial charge on any atom is -0.256 e. The summed E-state index contributed by atoms with van der Waals surface area (Å²) in [6, 6.07) is -2.07. The van der Waals surface area contributed by atoms with E-state index in [1.165, 1.54) is 0 Å². The number of aromatic nitrogens is 1. The first-order valence-corrected chi connectivity index (χ1v) is 3.52. The van der Waals surface area contributed by atoms with Crippen LogP contribution in [0.4, 0.5) is 0 Å². The van der Waals surface area contributed by atoms with E-state index in [4.69, 9.17) is 13.7 Å². The number of hydrogen-bond acceptors (Lipinski definition) is 1. The van der Waals surface area contributed by atoms with Gasteiger partial charge in [-0.1, -0.05) is 36.3 Å². The second-order valence-corrected chi connectivity index (χ2v) is 2.27. The first-order chi connectivity index (χ1) is 10.5. The normalized spacial score (nSPS) is 21.8. The summed E-state index contributed by atoms with van der Waals surface area (Å²) in [5.74, 6) is 0. The molecule has 0 aliphatic heterocycles. The van der Waals surface area contributed by atoms with Crippen molar-refractivity contribution in [3.05, 3.63) is 54.1 Å². The summed E-state index contributed by atoms with van der Waals surface area (Å²) in [7, 11) is 0. The average Bonchev–Trinajstić information content (AvgIpc) is 2.43. The highest BCUT2D eigenvalue weighted by molar-refractivity contribution is 5.58. The number of benzene rings is 1. The van der Waals surface area contributed by atoms with Crippen LogP contribution in [0.2, 0.25) is 0 Å². The molecule has 1 nitrogen and oxygen atoms in total. The molecular formula is C12H11N. The van der Waals surface area contributed by atoms with Crippen LogP contribution in [0.1, 0.15) is 19.3 Å². The lowest BCUT2D eigenvalue weighted by molar-refractivity contribution is 1.27. The molecule has 0 radical (unpaired) electrons. The molecule has 2 rings (SSSR count). The predicted octanol–water partition coefficient (Wildman–Crippen LogP) is 3.06. The number of hydrogen-bond donors (Lipinski definition) is 0. The molecular weight excluding hydrogens is 158 g/mol. The highest BCUT2D eigenvalue weighted by atomic mass is 14.7. The summed E-state index contributed by atoms with van der Waals surface area (Å²) in [6.07, 6.45) is -0.714. The van der Waals surface area contributed by atoms with E-state index in [1.807, 2.05) is 0 Å². The summed E-state index contributed by atoms with van der Waals surface area (Å²) in [5, 5.41) is 0. The van der Waals surface area contributed by atoms with Crippen molar-refractivity contribution in [3.63, 3.8) is 0 Å². The Morgan fingerprint density at radius 1 is 1.23 bits per heavy atom. The van der Waals surface area contributed by atoms with Gasteiger partial charge in [0.05, 0.1) is 15.3 Å². The van der Waals surface area contributed by atoms with Crippen LogP contribution in [0.5, 0.6) is 0 Å². The average molecular weight is 179 g/mol. The minimum atomic E-state index is -2.77. The zero-order valence-corrected chi connectivity index (χ0v) is 6.52. The predicted molar refractivity (Wildman–Crippen MR) is 54.4 cm³/mol. The molecule has 13 heavy (non-hydrogen) atoms. The van der Waals surface area contributed by atoms with Gasteiger partial charge in [-0.15, -0.1) is 0 Å². The maximum Gasteiger partial charge on any atom is 0.0843 e. The Kier molecular flexibility index (Phi) is 0.639. The highest BCUT2D eigenvalue weighted by Gasteiger charge is 1.95. The maximum absolute atomic E-state index is 7.91. The van der Waals surface area contributed by atoms with Gasteiger partial charge in [0, 0.05) is 15.8 Å². The van der Waals surface area contributed by atoms with Gasteiger partial charge in [0.15, 0.2) is 0 Å². The lowest BCUT2D eigenvalue weighted by atomic mass is 10.1. The Morgan fingerprint density at radius 3 is 3.15 bits per heavy atom. The van der Waals surface area contributed by atoms with Gasteiger partial charge in [0.2, 0.25) is 0 Å². The molecule has 0 saturated heterocycles. The minimum absolute atomic E-state index is 0.153. The molecule has 1 heterocycles. The van der Waals surface area contributed by atoms with E-state index in [9.17, 15) is 0 Å². The third kappa shape index (κ3) is 1.75. The van der Waals surface area contributed by atoms with Gasteiger partial charge in [-0.3, -0.25) is 4.98 Å². The molecule has 0 amide bonds. The molecule has 0 bridgehead atoms. The molecule has 0 aliphatic carbocycles. The fraction of sp³-hybridized carbons (Fsp3) is 0.0833. The van der Waals surface area contributed by atoms with E-state index < -0.39 is 48.8 Å². The third-order valence-electron chi connectivity index (χ3n) is 1.39. The molecule has 0 fully saturated rings. The Labute approximate surface area is 92.1 Å². The first kappa shape index (κ1) is 2.44. The van der Waals surface area contributed by atoms with Crippen molar-refractivity contribution in [1.82, 2.24) is 4.98 Å². The van der Waals surface area contributed by atoms with E-state index in [0.29, 0.717) is 0 Å². The van der Waals surface area contributed by atoms with Gasteiger partial charge in [-0.2, -0.15) is 0 Å². The summed E-state index contributed by atoms with van der Waals surface area (Å²) in [4.78, 5) is 3.69. The number of nitrogens with zero attached hydrogens (tertiary/aromatic N) is 1. The number of pyridine rings is 1. The molecule has 0 aliphatic rings. The molecule has 0 saturated carbocycles. The largest absolute Gasteiger partial charge is 0.256 e. The maximum atomic E-state index is 7.91. The van der Waals surface area contributed by atoms with E-state index in [0.717, 1.165) is 6.07 Å². The second kappa shape index (κ2) is 3.40. The van der Waals surface area contributed by atoms with Crippen molar-refractivity contribution < 1.29 is 13.7 Å². The quantitative estimate of drug-likeness (QED) is 0.655. The first-order valence-electron chi connectivity index (χ1n) is 8.52. The van der Waals surface area contributed by atoms with E-state index in [2.05, 4.69) is 4.98 Å². The summed E-state index contributed by atoms with van der Waals surface area (Å²) < 4.78 is 75.9. The molecule has 0 N–H and O–H groups in total. The fourth-order valence-corrected chi connectivity index (χ4v) is 0.824. The highest BCUT2D eigenvalue weighted by Crippen LogP contribution is 2.15. The summed E-state index contributed by atoms with van der Waals surface area (Å²) >= 11 is 0. The van der Waals surface area contributed by atoms with Crippen LogP contribution >= 0.6 is 0 Å². The van der Waals surface area contributed by atoms with Crippen LogP contribution in [0.3, 0.4) is 0 Å². The molecule has 0 unspecified atom stereocenters. The van der Waals surface area contributed by atoms with Crippen molar-refractivity contribution in [1.29, 1.82) is 0 Å². The van der Waals surface area contributed by atoms with Gasteiger partial charge in [-0.25, -0.2) is 0 Å². The molecule has 0 spiro atoms. The van der Waals surface area contributed by atoms with Crippen LogP contribution in [0.25, 0.3) is 11.3 Å². The lowest BCUT2D eigenvalue weighted by Crippen LogP contribution is -1.82. The Hall–Kier alpha value is -1.63. The van der Waals surface area contributed by atoms with Crippen LogP contribution < -0.4 is 0 Å². The Balaban J connectivity index is 2.83. The van der Waals surface area contributed by atoms with Crippen molar-refractivity contribution in [3.8, 4) is 11.3 Å². The van der Waals surface area contributed by atoms with Crippen LogP contribution in [-0.4, -0.2) is 4.98 Å². The van der Waals surface area contributed by atoms with Gasteiger partial charge in [0.25, 0.3) is 0 Å². The van der Waals surface area contributed by atoms with Crippen LogP contribution in [0, 0.1) is 6.85 Å². The summed E-state index contributed by atoms with van der Waals surface area (Å²) in [6.45, 7) is -2.77. The molecule has 0 atom stereocenters. The van der Waals surface area contributed by atoms with Crippen molar-refractivity contribution in [2.45, 2.75) is 6.85 Å². The molecule has 1 heteroatoms. The molecule has 1 aromatic heterocycles.